The molecule has 2 aromatic rings. The summed E-state index contributed by atoms with van der Waals surface area (Å²) < 4.78 is 43.8. The number of aromatic nitrogens is 1. The SMILES string of the molecule is OC1SCCN1c1noc2c(F)c(F)c(C3OCCO3)cc12. The zero-order valence-electron chi connectivity index (χ0n) is 11.3. The van der Waals surface area contributed by atoms with Gasteiger partial charge < -0.3 is 24.0 Å². The zero-order valence-corrected chi connectivity index (χ0v) is 12.1. The summed E-state index contributed by atoms with van der Waals surface area (Å²) >= 11 is 1.33. The molecule has 3 heterocycles. The van der Waals surface area contributed by atoms with Crippen molar-refractivity contribution in [2.24, 2.45) is 0 Å². The fourth-order valence-corrected chi connectivity index (χ4v) is 3.50. The van der Waals surface area contributed by atoms with Crippen LogP contribution in [0, 0.1) is 11.6 Å². The van der Waals surface area contributed by atoms with Crippen LogP contribution in [0.15, 0.2) is 10.6 Å². The minimum absolute atomic E-state index is 0.0340. The third-order valence-corrected chi connectivity index (χ3v) is 4.64. The molecule has 2 aliphatic heterocycles. The molecule has 1 N–H and O–H groups in total. The van der Waals surface area contributed by atoms with E-state index >= 15 is 0 Å². The van der Waals surface area contributed by atoms with Gasteiger partial charge in [-0.05, 0) is 6.07 Å². The molecule has 2 saturated heterocycles. The van der Waals surface area contributed by atoms with E-state index < -0.39 is 23.5 Å². The van der Waals surface area contributed by atoms with Gasteiger partial charge >= 0.3 is 0 Å². The number of aliphatic hydroxyl groups is 1. The lowest BCUT2D eigenvalue weighted by Gasteiger charge is -2.18. The molecule has 1 unspecified atom stereocenters. The first kappa shape index (κ1) is 14.2. The van der Waals surface area contributed by atoms with Crippen molar-refractivity contribution in [1.29, 1.82) is 0 Å². The number of halogens is 2. The highest BCUT2D eigenvalue weighted by Gasteiger charge is 2.32. The minimum atomic E-state index is -1.13. The molecule has 1 aromatic carbocycles. The van der Waals surface area contributed by atoms with Crippen LogP contribution in [-0.2, 0) is 9.47 Å². The fourth-order valence-electron chi connectivity index (χ4n) is 2.61. The van der Waals surface area contributed by atoms with Crippen LogP contribution in [0.25, 0.3) is 11.0 Å². The number of nitrogens with zero attached hydrogens (tertiary/aromatic N) is 2. The predicted molar refractivity (Wildman–Crippen MR) is 74.4 cm³/mol. The average Bonchev–Trinajstić information content (AvgIpc) is 3.22. The standard InChI is InChI=1S/C13H12F2N2O4S/c14-8-6(12-19-2-3-20-12)5-7-10(9(8)15)21-16-11(7)17-1-4-22-13(17)18/h5,12-13,18H,1-4H2. The van der Waals surface area contributed by atoms with E-state index in [4.69, 9.17) is 14.0 Å². The Morgan fingerprint density at radius 3 is 2.73 bits per heavy atom. The lowest BCUT2D eigenvalue weighted by molar-refractivity contribution is -0.0467. The highest BCUT2D eigenvalue weighted by Crippen LogP contribution is 2.38. The normalized spacial score (nSPS) is 23.0. The third-order valence-electron chi connectivity index (χ3n) is 3.67. The van der Waals surface area contributed by atoms with Gasteiger partial charge in [0.25, 0.3) is 0 Å². The molecule has 118 valence electrons. The Labute approximate surface area is 127 Å². The highest BCUT2D eigenvalue weighted by molar-refractivity contribution is 8.00. The molecule has 4 rings (SSSR count). The van der Waals surface area contributed by atoms with Crippen molar-refractivity contribution in [3.05, 3.63) is 23.3 Å². The maximum atomic E-state index is 14.2. The summed E-state index contributed by atoms with van der Waals surface area (Å²) in [6.45, 7) is 1.18. The first-order valence-corrected chi connectivity index (χ1v) is 7.78. The van der Waals surface area contributed by atoms with E-state index in [2.05, 4.69) is 5.16 Å². The van der Waals surface area contributed by atoms with Crippen molar-refractivity contribution in [1.82, 2.24) is 5.16 Å². The Morgan fingerprint density at radius 1 is 1.27 bits per heavy atom. The van der Waals surface area contributed by atoms with Crippen molar-refractivity contribution in [2.75, 3.05) is 30.4 Å². The van der Waals surface area contributed by atoms with Gasteiger partial charge in [-0.15, -0.1) is 11.8 Å². The summed E-state index contributed by atoms with van der Waals surface area (Å²) in [6, 6.07) is 1.41. The topological polar surface area (TPSA) is 68.0 Å². The number of benzene rings is 1. The van der Waals surface area contributed by atoms with E-state index in [-0.39, 0.29) is 22.4 Å². The largest absolute Gasteiger partial charge is 0.364 e. The van der Waals surface area contributed by atoms with Crippen molar-refractivity contribution >= 4 is 28.5 Å². The lowest BCUT2D eigenvalue weighted by atomic mass is 10.1. The molecule has 2 fully saturated rings. The number of hydrogen-bond donors (Lipinski definition) is 1. The Hall–Kier alpha value is -1.42. The maximum absolute atomic E-state index is 14.2. The number of thioether (sulfide) groups is 1. The van der Waals surface area contributed by atoms with Crippen LogP contribution in [0.4, 0.5) is 14.6 Å². The van der Waals surface area contributed by atoms with Crippen LogP contribution in [0.3, 0.4) is 0 Å². The third kappa shape index (κ3) is 2.08. The highest BCUT2D eigenvalue weighted by atomic mass is 32.2. The second kappa shape index (κ2) is 5.34. The Kier molecular flexibility index (Phi) is 3.44. The van der Waals surface area contributed by atoms with E-state index in [1.165, 1.54) is 17.8 Å². The quantitative estimate of drug-likeness (QED) is 0.903. The summed E-state index contributed by atoms with van der Waals surface area (Å²) in [5.41, 5.74) is -1.10. The molecule has 0 bridgehead atoms. The molecular formula is C13H12F2N2O4S. The van der Waals surface area contributed by atoms with Gasteiger partial charge in [-0.1, -0.05) is 5.16 Å². The lowest BCUT2D eigenvalue weighted by Crippen LogP contribution is -2.27. The average molecular weight is 330 g/mol. The number of aliphatic hydroxyl groups excluding tert-OH is 1. The maximum Gasteiger partial charge on any atom is 0.207 e. The van der Waals surface area contributed by atoms with Gasteiger partial charge in [0, 0.05) is 17.9 Å². The number of fused-ring (bicyclic) bond motifs is 1. The predicted octanol–water partition coefficient (Wildman–Crippen LogP) is 1.98. The first-order valence-electron chi connectivity index (χ1n) is 6.73. The Balaban J connectivity index is 1.86. The molecule has 1 atom stereocenters. The number of hydrogen-bond acceptors (Lipinski definition) is 7. The molecule has 0 amide bonds. The van der Waals surface area contributed by atoms with Gasteiger partial charge in [-0.2, -0.15) is 4.39 Å². The summed E-state index contributed by atoms with van der Waals surface area (Å²) in [6.07, 6.45) is -0.945. The molecule has 0 spiro atoms. The molecule has 1 aromatic heterocycles. The first-order chi connectivity index (χ1) is 10.7. The van der Waals surface area contributed by atoms with Crippen LogP contribution in [0.1, 0.15) is 11.9 Å². The van der Waals surface area contributed by atoms with E-state index in [0.717, 1.165) is 0 Å². The van der Waals surface area contributed by atoms with Crippen molar-refractivity contribution in [3.8, 4) is 0 Å². The molecular weight excluding hydrogens is 318 g/mol. The smallest absolute Gasteiger partial charge is 0.207 e. The molecule has 0 aliphatic carbocycles. The van der Waals surface area contributed by atoms with Crippen molar-refractivity contribution < 1.29 is 27.9 Å². The molecule has 6 nitrogen and oxygen atoms in total. The van der Waals surface area contributed by atoms with Gasteiger partial charge in [0.05, 0.1) is 18.6 Å². The Bertz CT molecular complexity index is 720. The molecule has 2 aliphatic rings. The van der Waals surface area contributed by atoms with E-state index in [1.807, 2.05) is 0 Å². The van der Waals surface area contributed by atoms with Crippen LogP contribution >= 0.6 is 11.8 Å². The molecule has 0 radical (unpaired) electrons. The summed E-state index contributed by atoms with van der Waals surface area (Å²) in [7, 11) is 0. The van der Waals surface area contributed by atoms with Gasteiger partial charge in [0.1, 0.15) is 0 Å². The van der Waals surface area contributed by atoms with Crippen LogP contribution in [-0.4, -0.2) is 41.3 Å². The zero-order chi connectivity index (χ0) is 15.3. The van der Waals surface area contributed by atoms with Crippen molar-refractivity contribution in [2.45, 2.75) is 11.8 Å². The van der Waals surface area contributed by atoms with Gasteiger partial charge in [-0.25, -0.2) is 4.39 Å². The second-order valence-corrected chi connectivity index (χ2v) is 6.10. The van der Waals surface area contributed by atoms with E-state index in [0.29, 0.717) is 25.5 Å². The number of rotatable bonds is 2. The van der Waals surface area contributed by atoms with Crippen molar-refractivity contribution in [3.63, 3.8) is 0 Å². The molecule has 0 saturated carbocycles. The van der Waals surface area contributed by atoms with Gasteiger partial charge in [-0.3, -0.25) is 0 Å². The van der Waals surface area contributed by atoms with Gasteiger partial charge in [0.15, 0.2) is 23.5 Å². The molecule has 22 heavy (non-hydrogen) atoms. The van der Waals surface area contributed by atoms with E-state index in [9.17, 15) is 13.9 Å². The fraction of sp³-hybridized carbons (Fsp3) is 0.462. The molecule has 9 heteroatoms. The number of anilines is 1. The number of ether oxygens (including phenoxy) is 2. The minimum Gasteiger partial charge on any atom is -0.364 e. The van der Waals surface area contributed by atoms with E-state index in [1.54, 1.807) is 4.90 Å². The summed E-state index contributed by atoms with van der Waals surface area (Å²) in [4.78, 5) is 1.58. The second-order valence-electron chi connectivity index (χ2n) is 4.94. The van der Waals surface area contributed by atoms with Crippen LogP contribution < -0.4 is 4.90 Å². The Morgan fingerprint density at radius 2 is 2.05 bits per heavy atom. The monoisotopic (exact) mass is 330 g/mol. The summed E-state index contributed by atoms with van der Waals surface area (Å²) in [5.74, 6) is -1.21. The van der Waals surface area contributed by atoms with Crippen LogP contribution in [0.5, 0.6) is 0 Å². The summed E-state index contributed by atoms with van der Waals surface area (Å²) in [5, 5.41) is 14.0. The van der Waals surface area contributed by atoms with Crippen LogP contribution in [0.2, 0.25) is 0 Å². The van der Waals surface area contributed by atoms with Gasteiger partial charge in [0.2, 0.25) is 11.4 Å².